The zero-order valence-corrected chi connectivity index (χ0v) is 11.4. The first-order valence-corrected chi connectivity index (χ1v) is 7.51. The molecule has 1 aromatic heterocycles. The first-order valence-electron chi connectivity index (χ1n) is 5.54. The van der Waals surface area contributed by atoms with Gasteiger partial charge in [-0.25, -0.2) is 0 Å². The maximum absolute atomic E-state index is 12.0. The smallest absolute Gasteiger partial charge is 0.186 e. The fourth-order valence-corrected chi connectivity index (χ4v) is 3.98. The SMILES string of the molecule is Cc1ccc(C(=O)CN(C)C2CCSC2)s1. The molecule has 1 aliphatic rings. The maximum atomic E-state index is 12.0. The van der Waals surface area contributed by atoms with Gasteiger partial charge in [0.15, 0.2) is 5.78 Å². The Morgan fingerprint density at radius 2 is 2.38 bits per heavy atom. The fourth-order valence-electron chi connectivity index (χ4n) is 1.89. The predicted octanol–water partition coefficient (Wildman–Crippen LogP) is 2.68. The number of thiophene rings is 1. The van der Waals surface area contributed by atoms with Crippen molar-refractivity contribution in [3.8, 4) is 0 Å². The lowest BCUT2D eigenvalue weighted by molar-refractivity contribution is 0.0931. The second kappa shape index (κ2) is 5.34. The Labute approximate surface area is 105 Å². The molecule has 0 saturated carbocycles. The van der Waals surface area contributed by atoms with Crippen LogP contribution in [0, 0.1) is 6.92 Å². The lowest BCUT2D eigenvalue weighted by Gasteiger charge is -2.22. The molecule has 0 radical (unpaired) electrons. The van der Waals surface area contributed by atoms with Gasteiger partial charge in [0.25, 0.3) is 0 Å². The van der Waals surface area contributed by atoms with Crippen LogP contribution in [0.15, 0.2) is 12.1 Å². The van der Waals surface area contributed by atoms with Crippen molar-refractivity contribution < 1.29 is 4.79 Å². The van der Waals surface area contributed by atoms with E-state index < -0.39 is 0 Å². The molecule has 1 aromatic rings. The third-order valence-electron chi connectivity index (χ3n) is 2.94. The average Bonchev–Trinajstić information content (AvgIpc) is 2.87. The Balaban J connectivity index is 1.91. The molecule has 1 aliphatic heterocycles. The van der Waals surface area contributed by atoms with Gasteiger partial charge >= 0.3 is 0 Å². The van der Waals surface area contributed by atoms with Crippen molar-refractivity contribution in [2.24, 2.45) is 0 Å². The number of carbonyl (C=O) groups is 1. The lowest BCUT2D eigenvalue weighted by atomic mass is 10.2. The second-order valence-electron chi connectivity index (χ2n) is 4.27. The minimum atomic E-state index is 0.262. The van der Waals surface area contributed by atoms with Crippen molar-refractivity contribution in [2.75, 3.05) is 25.1 Å². The Morgan fingerprint density at radius 1 is 1.56 bits per heavy atom. The molecule has 2 heterocycles. The topological polar surface area (TPSA) is 20.3 Å². The second-order valence-corrected chi connectivity index (χ2v) is 6.70. The third-order valence-corrected chi connectivity index (χ3v) is 5.12. The third kappa shape index (κ3) is 2.87. The van der Waals surface area contributed by atoms with E-state index in [2.05, 4.69) is 11.9 Å². The maximum Gasteiger partial charge on any atom is 0.186 e. The summed E-state index contributed by atoms with van der Waals surface area (Å²) < 4.78 is 0. The lowest BCUT2D eigenvalue weighted by Crippen LogP contribution is -2.35. The summed E-state index contributed by atoms with van der Waals surface area (Å²) in [6.45, 7) is 2.60. The zero-order valence-electron chi connectivity index (χ0n) is 9.73. The summed E-state index contributed by atoms with van der Waals surface area (Å²) in [7, 11) is 2.06. The molecule has 0 aliphatic carbocycles. The number of Topliss-reactive ketones (excluding diaryl/α,β-unsaturated/α-hetero) is 1. The van der Waals surface area contributed by atoms with E-state index in [1.807, 2.05) is 30.8 Å². The summed E-state index contributed by atoms with van der Waals surface area (Å²) in [5.41, 5.74) is 0. The van der Waals surface area contributed by atoms with Crippen molar-refractivity contribution in [1.29, 1.82) is 0 Å². The van der Waals surface area contributed by atoms with Gasteiger partial charge in [-0.15, -0.1) is 11.3 Å². The number of thioether (sulfide) groups is 1. The van der Waals surface area contributed by atoms with Crippen molar-refractivity contribution in [1.82, 2.24) is 4.90 Å². The summed E-state index contributed by atoms with van der Waals surface area (Å²) >= 11 is 3.59. The summed E-state index contributed by atoms with van der Waals surface area (Å²) in [4.78, 5) is 16.3. The standard InChI is InChI=1S/C12H17NOS2/c1-9-3-4-12(16-9)11(14)7-13(2)10-5-6-15-8-10/h3-4,10H,5-8H2,1-2H3. The van der Waals surface area contributed by atoms with E-state index in [-0.39, 0.29) is 5.78 Å². The van der Waals surface area contributed by atoms with Crippen LogP contribution in [-0.4, -0.2) is 41.8 Å². The van der Waals surface area contributed by atoms with Gasteiger partial charge in [-0.2, -0.15) is 11.8 Å². The monoisotopic (exact) mass is 255 g/mol. The van der Waals surface area contributed by atoms with Crippen LogP contribution in [-0.2, 0) is 0 Å². The quantitative estimate of drug-likeness (QED) is 0.772. The molecule has 1 saturated heterocycles. The molecule has 0 N–H and O–H groups in total. The molecule has 0 amide bonds. The Hall–Kier alpha value is -0.320. The summed E-state index contributed by atoms with van der Waals surface area (Å²) in [5, 5.41) is 0. The van der Waals surface area contributed by atoms with E-state index in [0.717, 1.165) is 4.88 Å². The van der Waals surface area contributed by atoms with Crippen LogP contribution in [0.3, 0.4) is 0 Å². The highest BCUT2D eigenvalue weighted by Crippen LogP contribution is 2.22. The van der Waals surface area contributed by atoms with Crippen LogP contribution in [0.5, 0.6) is 0 Å². The van der Waals surface area contributed by atoms with Crippen LogP contribution >= 0.6 is 23.1 Å². The van der Waals surface area contributed by atoms with E-state index >= 15 is 0 Å². The van der Waals surface area contributed by atoms with E-state index in [1.165, 1.54) is 22.8 Å². The predicted molar refractivity (Wildman–Crippen MR) is 71.7 cm³/mol. The van der Waals surface area contributed by atoms with E-state index in [9.17, 15) is 4.79 Å². The van der Waals surface area contributed by atoms with Crippen molar-refractivity contribution in [3.05, 3.63) is 21.9 Å². The zero-order chi connectivity index (χ0) is 11.5. The Bertz CT molecular complexity index is 369. The molecule has 1 fully saturated rings. The van der Waals surface area contributed by atoms with Gasteiger partial charge < -0.3 is 0 Å². The van der Waals surface area contributed by atoms with E-state index in [4.69, 9.17) is 0 Å². The molecule has 0 bridgehead atoms. The molecule has 2 rings (SSSR count). The minimum Gasteiger partial charge on any atom is -0.295 e. The molecule has 4 heteroatoms. The Morgan fingerprint density at radius 3 is 2.94 bits per heavy atom. The van der Waals surface area contributed by atoms with Crippen molar-refractivity contribution in [3.63, 3.8) is 0 Å². The Kier molecular flexibility index (Phi) is 4.05. The van der Waals surface area contributed by atoms with Crippen LogP contribution in [0.4, 0.5) is 0 Å². The minimum absolute atomic E-state index is 0.262. The molecule has 16 heavy (non-hydrogen) atoms. The van der Waals surface area contributed by atoms with Gasteiger partial charge in [-0.05, 0) is 38.3 Å². The fraction of sp³-hybridized carbons (Fsp3) is 0.583. The molecule has 88 valence electrons. The van der Waals surface area contributed by atoms with Gasteiger partial charge in [-0.1, -0.05) is 0 Å². The first-order chi connectivity index (χ1) is 7.66. The van der Waals surface area contributed by atoms with Gasteiger partial charge in [-0.3, -0.25) is 9.69 Å². The van der Waals surface area contributed by atoms with Crippen molar-refractivity contribution >= 4 is 28.9 Å². The number of hydrogen-bond acceptors (Lipinski definition) is 4. The molecule has 0 aromatic carbocycles. The highest BCUT2D eigenvalue weighted by Gasteiger charge is 2.22. The average molecular weight is 255 g/mol. The number of rotatable bonds is 4. The number of nitrogens with zero attached hydrogens (tertiary/aromatic N) is 1. The molecular formula is C12H17NOS2. The number of carbonyl (C=O) groups excluding carboxylic acids is 1. The molecule has 0 spiro atoms. The number of aryl methyl sites for hydroxylation is 1. The summed E-state index contributed by atoms with van der Waals surface area (Å²) in [5.74, 6) is 2.67. The molecular weight excluding hydrogens is 238 g/mol. The van der Waals surface area contributed by atoms with E-state index in [1.54, 1.807) is 11.3 Å². The number of hydrogen-bond donors (Lipinski definition) is 0. The summed E-state index contributed by atoms with van der Waals surface area (Å²) in [6, 6.07) is 4.55. The highest BCUT2D eigenvalue weighted by molar-refractivity contribution is 7.99. The van der Waals surface area contributed by atoms with Crippen LogP contribution < -0.4 is 0 Å². The number of ketones is 1. The van der Waals surface area contributed by atoms with Gasteiger partial charge in [0.2, 0.25) is 0 Å². The van der Waals surface area contributed by atoms with Gasteiger partial charge in [0, 0.05) is 16.7 Å². The summed E-state index contributed by atoms with van der Waals surface area (Å²) in [6.07, 6.45) is 1.22. The first kappa shape index (κ1) is 12.1. The normalized spacial score (nSPS) is 20.6. The molecule has 2 nitrogen and oxygen atoms in total. The number of likely N-dealkylation sites (N-methyl/N-ethyl adjacent to an activating group) is 1. The van der Waals surface area contributed by atoms with E-state index in [0.29, 0.717) is 12.6 Å². The highest BCUT2D eigenvalue weighted by atomic mass is 32.2. The van der Waals surface area contributed by atoms with Crippen LogP contribution in [0.2, 0.25) is 0 Å². The van der Waals surface area contributed by atoms with Crippen LogP contribution in [0.25, 0.3) is 0 Å². The molecule has 1 unspecified atom stereocenters. The largest absolute Gasteiger partial charge is 0.295 e. The van der Waals surface area contributed by atoms with Gasteiger partial charge in [0.05, 0.1) is 11.4 Å². The van der Waals surface area contributed by atoms with Gasteiger partial charge in [0.1, 0.15) is 0 Å². The van der Waals surface area contributed by atoms with Crippen LogP contribution in [0.1, 0.15) is 21.0 Å². The van der Waals surface area contributed by atoms with Crippen molar-refractivity contribution in [2.45, 2.75) is 19.4 Å². The molecule has 1 atom stereocenters.